The van der Waals surface area contributed by atoms with Crippen molar-refractivity contribution in [3.05, 3.63) is 29.2 Å². The van der Waals surface area contributed by atoms with E-state index in [0.29, 0.717) is 0 Å². The Morgan fingerprint density at radius 2 is 2.38 bits per heavy atom. The number of aromatic nitrogens is 2. The summed E-state index contributed by atoms with van der Waals surface area (Å²) in [6, 6.07) is 0. The van der Waals surface area contributed by atoms with Crippen LogP contribution in [0, 0.1) is 0 Å². The Bertz CT molecular complexity index is 252. The molecule has 1 aromatic heterocycles. The van der Waals surface area contributed by atoms with Gasteiger partial charge in [-0.3, -0.25) is 0 Å². The molecule has 0 aromatic carbocycles. The molecule has 72 valence electrons. The summed E-state index contributed by atoms with van der Waals surface area (Å²) in [5.41, 5.74) is 2.75. The summed E-state index contributed by atoms with van der Waals surface area (Å²) in [6.07, 6.45) is 5.92. The topological polar surface area (TPSA) is 28.7 Å². The van der Waals surface area contributed by atoms with Crippen molar-refractivity contribution >= 4 is 11.8 Å². The van der Waals surface area contributed by atoms with Crippen molar-refractivity contribution in [2.45, 2.75) is 26.7 Å². The van der Waals surface area contributed by atoms with E-state index in [4.69, 9.17) is 0 Å². The minimum absolute atomic E-state index is 1.05. The third-order valence-corrected chi connectivity index (χ3v) is 2.70. The molecule has 0 saturated carbocycles. The third-order valence-electron chi connectivity index (χ3n) is 1.76. The predicted octanol–water partition coefficient (Wildman–Crippen LogP) is 3.00. The van der Waals surface area contributed by atoms with Crippen molar-refractivity contribution in [3.63, 3.8) is 0 Å². The third kappa shape index (κ3) is 3.27. The highest BCUT2D eigenvalue weighted by molar-refractivity contribution is 8.02. The number of nitrogens with zero attached hydrogens (tertiary/aromatic N) is 1. The number of allylic oxidation sites excluding steroid dienone is 1. The van der Waals surface area contributed by atoms with Gasteiger partial charge in [0.15, 0.2) is 0 Å². The van der Waals surface area contributed by atoms with E-state index >= 15 is 0 Å². The lowest BCUT2D eigenvalue weighted by Crippen LogP contribution is -1.87. The molecular weight excluding hydrogens is 180 g/mol. The van der Waals surface area contributed by atoms with Gasteiger partial charge in [0.25, 0.3) is 0 Å². The maximum atomic E-state index is 3.97. The predicted molar refractivity (Wildman–Crippen MR) is 58.8 cm³/mol. The van der Waals surface area contributed by atoms with Gasteiger partial charge in [-0.2, -0.15) is 0 Å². The monoisotopic (exact) mass is 196 g/mol. The van der Waals surface area contributed by atoms with E-state index in [-0.39, 0.29) is 0 Å². The lowest BCUT2D eigenvalue weighted by Gasteiger charge is -1.95. The molecule has 2 nitrogen and oxygen atoms in total. The zero-order valence-corrected chi connectivity index (χ0v) is 9.03. The molecule has 1 aliphatic heterocycles. The fraction of sp³-hybridized carbons (Fsp3) is 0.500. The minimum Gasteiger partial charge on any atom is -0.348 e. The summed E-state index contributed by atoms with van der Waals surface area (Å²) in [5.74, 6) is 1.25. The number of imidazole rings is 1. The maximum absolute atomic E-state index is 3.97. The van der Waals surface area contributed by atoms with E-state index in [1.165, 1.54) is 23.4 Å². The Hall–Kier alpha value is -0.700. The second-order valence-electron chi connectivity index (χ2n) is 2.65. The van der Waals surface area contributed by atoms with Crippen molar-refractivity contribution in [1.82, 2.24) is 9.97 Å². The molecule has 3 heteroatoms. The lowest BCUT2D eigenvalue weighted by molar-refractivity contribution is 1.00. The van der Waals surface area contributed by atoms with Gasteiger partial charge in [-0.25, -0.2) is 4.98 Å². The normalized spacial score (nSPS) is 14.8. The van der Waals surface area contributed by atoms with E-state index in [9.17, 15) is 0 Å². The summed E-state index contributed by atoms with van der Waals surface area (Å²) >= 11 is 1.91. The Morgan fingerprint density at radius 3 is 2.92 bits per heavy atom. The smallest absolute Gasteiger partial charge is 0.0921 e. The van der Waals surface area contributed by atoms with Gasteiger partial charge in [0.1, 0.15) is 0 Å². The van der Waals surface area contributed by atoms with Gasteiger partial charge in [-0.1, -0.05) is 19.4 Å². The molecule has 13 heavy (non-hydrogen) atoms. The standard InChI is InChI=1S/C8H10N2S.C2H6/c1-2-11-5-7(1)3-8-4-9-6-10-8;1-2/h4-6H,1-3H2,(H,9,10);1-2H3. The quantitative estimate of drug-likeness (QED) is 0.787. The second-order valence-corrected chi connectivity index (χ2v) is 3.63. The Labute approximate surface area is 83.8 Å². The van der Waals surface area contributed by atoms with E-state index in [1.54, 1.807) is 6.33 Å². The number of hydrogen-bond acceptors (Lipinski definition) is 2. The van der Waals surface area contributed by atoms with Gasteiger partial charge in [0.2, 0.25) is 0 Å². The minimum atomic E-state index is 1.05. The highest BCUT2D eigenvalue weighted by Crippen LogP contribution is 2.23. The van der Waals surface area contributed by atoms with Crippen LogP contribution in [0.1, 0.15) is 26.0 Å². The number of H-pyrrole nitrogens is 1. The van der Waals surface area contributed by atoms with Gasteiger partial charge >= 0.3 is 0 Å². The van der Waals surface area contributed by atoms with Crippen LogP contribution in [0.5, 0.6) is 0 Å². The molecule has 0 bridgehead atoms. The first-order valence-electron chi connectivity index (χ1n) is 4.72. The SMILES string of the molecule is C1=C(Cc2cnc[nH]2)CCS1.CC. The van der Waals surface area contributed by atoms with Crippen molar-refractivity contribution in [2.75, 3.05) is 5.75 Å². The molecule has 0 radical (unpaired) electrons. The highest BCUT2D eigenvalue weighted by atomic mass is 32.2. The fourth-order valence-corrected chi connectivity index (χ4v) is 2.12. The van der Waals surface area contributed by atoms with Crippen LogP contribution in [0.4, 0.5) is 0 Å². The second kappa shape index (κ2) is 5.86. The number of nitrogens with one attached hydrogen (secondary N) is 1. The molecule has 0 spiro atoms. The number of hydrogen-bond donors (Lipinski definition) is 1. The molecule has 0 aliphatic carbocycles. The van der Waals surface area contributed by atoms with Crippen LogP contribution in [0.3, 0.4) is 0 Å². The summed E-state index contributed by atoms with van der Waals surface area (Å²) in [6.45, 7) is 4.00. The van der Waals surface area contributed by atoms with E-state index in [2.05, 4.69) is 15.4 Å². The van der Waals surface area contributed by atoms with Crippen LogP contribution in [0.25, 0.3) is 0 Å². The fourth-order valence-electron chi connectivity index (χ4n) is 1.18. The molecule has 0 atom stereocenters. The number of aromatic amines is 1. The molecule has 1 aliphatic rings. The summed E-state index contributed by atoms with van der Waals surface area (Å²) in [4.78, 5) is 7.08. The van der Waals surface area contributed by atoms with E-state index < -0.39 is 0 Å². The van der Waals surface area contributed by atoms with Gasteiger partial charge in [0.05, 0.1) is 6.33 Å². The van der Waals surface area contributed by atoms with Gasteiger partial charge in [0, 0.05) is 24.1 Å². The first kappa shape index (κ1) is 10.4. The van der Waals surface area contributed by atoms with Crippen molar-refractivity contribution < 1.29 is 0 Å². The van der Waals surface area contributed by atoms with Crippen LogP contribution in [-0.2, 0) is 6.42 Å². The Morgan fingerprint density at radius 1 is 1.54 bits per heavy atom. The first-order valence-corrected chi connectivity index (χ1v) is 5.77. The molecule has 2 rings (SSSR count). The zero-order valence-electron chi connectivity index (χ0n) is 8.21. The largest absolute Gasteiger partial charge is 0.348 e. The molecule has 2 heterocycles. The van der Waals surface area contributed by atoms with Crippen molar-refractivity contribution in [1.29, 1.82) is 0 Å². The zero-order chi connectivity index (χ0) is 9.52. The summed E-state index contributed by atoms with van der Waals surface area (Å²) in [5, 5.41) is 2.26. The van der Waals surface area contributed by atoms with Crippen LogP contribution < -0.4 is 0 Å². The van der Waals surface area contributed by atoms with Crippen LogP contribution in [0.15, 0.2) is 23.5 Å². The number of rotatable bonds is 2. The molecular formula is C10H16N2S. The first-order chi connectivity index (χ1) is 6.45. The maximum Gasteiger partial charge on any atom is 0.0921 e. The molecule has 0 unspecified atom stereocenters. The van der Waals surface area contributed by atoms with E-state index in [0.717, 1.165) is 6.42 Å². The van der Waals surface area contributed by atoms with Gasteiger partial charge < -0.3 is 4.98 Å². The molecule has 0 amide bonds. The number of thioether (sulfide) groups is 1. The van der Waals surface area contributed by atoms with Crippen LogP contribution in [0.2, 0.25) is 0 Å². The van der Waals surface area contributed by atoms with E-state index in [1.807, 2.05) is 31.8 Å². The highest BCUT2D eigenvalue weighted by Gasteiger charge is 2.05. The average molecular weight is 196 g/mol. The summed E-state index contributed by atoms with van der Waals surface area (Å²) < 4.78 is 0. The molecule has 1 aromatic rings. The van der Waals surface area contributed by atoms with Crippen molar-refractivity contribution in [3.8, 4) is 0 Å². The molecule has 1 N–H and O–H groups in total. The molecule has 0 saturated heterocycles. The average Bonchev–Trinajstić information content (AvgIpc) is 2.81. The molecule has 0 fully saturated rings. The van der Waals surface area contributed by atoms with Crippen molar-refractivity contribution in [2.24, 2.45) is 0 Å². The van der Waals surface area contributed by atoms with Gasteiger partial charge in [-0.15, -0.1) is 11.8 Å². The Balaban J connectivity index is 0.000000396. The van der Waals surface area contributed by atoms with Gasteiger partial charge in [-0.05, 0) is 11.8 Å². The summed E-state index contributed by atoms with van der Waals surface area (Å²) in [7, 11) is 0. The Kier molecular flexibility index (Phi) is 4.68. The van der Waals surface area contributed by atoms with Crippen LogP contribution in [-0.4, -0.2) is 15.7 Å². The lowest BCUT2D eigenvalue weighted by atomic mass is 10.1. The van der Waals surface area contributed by atoms with Crippen LogP contribution >= 0.6 is 11.8 Å².